The van der Waals surface area contributed by atoms with Gasteiger partial charge in [0, 0.05) is 4.47 Å². The van der Waals surface area contributed by atoms with Gasteiger partial charge in [0.05, 0.1) is 11.1 Å². The van der Waals surface area contributed by atoms with Crippen LogP contribution in [0.2, 0.25) is 0 Å². The van der Waals surface area contributed by atoms with Gasteiger partial charge in [-0.2, -0.15) is 13.2 Å². The lowest BCUT2D eigenvalue weighted by Crippen LogP contribution is -2.19. The van der Waals surface area contributed by atoms with Gasteiger partial charge in [0.25, 0.3) is 0 Å². The number of amides is 1. The zero-order valence-corrected chi connectivity index (χ0v) is 8.62. The van der Waals surface area contributed by atoms with Crippen LogP contribution in [-0.2, 0) is 6.18 Å². The van der Waals surface area contributed by atoms with Gasteiger partial charge in [-0.25, -0.2) is 4.39 Å². The Morgan fingerprint density at radius 1 is 1.33 bits per heavy atom. The van der Waals surface area contributed by atoms with Gasteiger partial charge in [-0.05, 0) is 12.1 Å². The maximum absolute atomic E-state index is 12.8. The first-order valence-corrected chi connectivity index (χ1v) is 4.39. The fraction of sp³-hybridized carbons (Fsp3) is 0.125. The Morgan fingerprint density at radius 2 is 1.87 bits per heavy atom. The molecule has 82 valence electrons. The van der Waals surface area contributed by atoms with E-state index in [1.54, 1.807) is 0 Å². The highest BCUT2D eigenvalue weighted by Gasteiger charge is 2.37. The third kappa shape index (κ3) is 2.47. The number of carbonyl (C=O) groups is 1. The number of hydrogen-bond acceptors (Lipinski definition) is 1. The molecule has 0 heterocycles. The molecule has 0 aliphatic carbocycles. The molecule has 0 bridgehead atoms. The summed E-state index contributed by atoms with van der Waals surface area (Å²) in [6, 6.07) is 1.07. The number of primary amides is 1. The minimum Gasteiger partial charge on any atom is -0.366 e. The molecule has 2 N–H and O–H groups in total. The summed E-state index contributed by atoms with van der Waals surface area (Å²) in [6.45, 7) is 0. The molecule has 0 spiro atoms. The van der Waals surface area contributed by atoms with Crippen LogP contribution in [-0.4, -0.2) is 5.91 Å². The van der Waals surface area contributed by atoms with Crippen LogP contribution in [0.1, 0.15) is 15.9 Å². The van der Waals surface area contributed by atoms with Crippen molar-refractivity contribution in [3.63, 3.8) is 0 Å². The normalized spacial score (nSPS) is 11.5. The molecular formula is C8H4BrF4NO. The predicted molar refractivity (Wildman–Crippen MR) is 47.6 cm³/mol. The lowest BCUT2D eigenvalue weighted by atomic mass is 10.1. The summed E-state index contributed by atoms with van der Waals surface area (Å²) in [4.78, 5) is 10.7. The minimum atomic E-state index is -4.77. The Balaban J connectivity index is 3.55. The summed E-state index contributed by atoms with van der Waals surface area (Å²) in [6.07, 6.45) is -4.77. The summed E-state index contributed by atoms with van der Waals surface area (Å²) >= 11 is 2.53. The zero-order valence-electron chi connectivity index (χ0n) is 7.03. The van der Waals surface area contributed by atoms with Crippen LogP contribution in [0.15, 0.2) is 16.6 Å². The van der Waals surface area contributed by atoms with Crippen LogP contribution in [0.4, 0.5) is 17.6 Å². The molecule has 0 aliphatic rings. The van der Waals surface area contributed by atoms with Gasteiger partial charge in [0.2, 0.25) is 5.91 Å². The Kier molecular flexibility index (Phi) is 3.03. The van der Waals surface area contributed by atoms with Gasteiger partial charge in [-0.3, -0.25) is 4.79 Å². The molecule has 0 aliphatic heterocycles. The highest BCUT2D eigenvalue weighted by molar-refractivity contribution is 9.10. The van der Waals surface area contributed by atoms with E-state index in [-0.39, 0.29) is 0 Å². The lowest BCUT2D eigenvalue weighted by molar-refractivity contribution is -0.138. The van der Waals surface area contributed by atoms with Crippen LogP contribution in [0.25, 0.3) is 0 Å². The van der Waals surface area contributed by atoms with Crippen LogP contribution in [0.5, 0.6) is 0 Å². The van der Waals surface area contributed by atoms with Crippen molar-refractivity contribution < 1.29 is 22.4 Å². The van der Waals surface area contributed by atoms with Gasteiger partial charge in [-0.1, -0.05) is 15.9 Å². The Labute approximate surface area is 90.2 Å². The number of nitrogens with two attached hydrogens (primary N) is 1. The summed E-state index contributed by atoms with van der Waals surface area (Å²) in [7, 11) is 0. The van der Waals surface area contributed by atoms with Crippen molar-refractivity contribution in [1.82, 2.24) is 0 Å². The third-order valence-corrected chi connectivity index (χ3v) is 2.23. The summed E-state index contributed by atoms with van der Waals surface area (Å²) in [5, 5.41) is 0. The molecule has 0 saturated carbocycles. The number of rotatable bonds is 1. The van der Waals surface area contributed by atoms with Crippen molar-refractivity contribution in [3.8, 4) is 0 Å². The average Bonchev–Trinajstić information content (AvgIpc) is 1.99. The van der Waals surface area contributed by atoms with E-state index in [1.807, 2.05) is 0 Å². The Hall–Kier alpha value is -1.11. The van der Waals surface area contributed by atoms with Gasteiger partial charge < -0.3 is 5.73 Å². The van der Waals surface area contributed by atoms with Crippen LogP contribution < -0.4 is 5.73 Å². The van der Waals surface area contributed by atoms with Crippen molar-refractivity contribution in [1.29, 1.82) is 0 Å². The third-order valence-electron chi connectivity index (χ3n) is 1.60. The van der Waals surface area contributed by atoms with Crippen LogP contribution in [0.3, 0.4) is 0 Å². The number of halogens is 5. The van der Waals surface area contributed by atoms with Crippen LogP contribution in [0, 0.1) is 5.82 Å². The highest BCUT2D eigenvalue weighted by Crippen LogP contribution is 2.37. The molecule has 1 aromatic rings. The van der Waals surface area contributed by atoms with Gasteiger partial charge in [0.1, 0.15) is 5.82 Å². The van der Waals surface area contributed by atoms with E-state index in [4.69, 9.17) is 5.73 Å². The zero-order chi connectivity index (χ0) is 11.8. The van der Waals surface area contributed by atoms with E-state index in [0.717, 1.165) is 0 Å². The van der Waals surface area contributed by atoms with Gasteiger partial charge in [0.15, 0.2) is 0 Å². The fourth-order valence-corrected chi connectivity index (χ4v) is 1.71. The first-order valence-electron chi connectivity index (χ1n) is 3.59. The maximum atomic E-state index is 12.8. The topological polar surface area (TPSA) is 43.1 Å². The van der Waals surface area contributed by atoms with E-state index < -0.39 is 33.5 Å². The molecule has 15 heavy (non-hydrogen) atoms. The van der Waals surface area contributed by atoms with Crippen molar-refractivity contribution in [2.75, 3.05) is 0 Å². The highest BCUT2D eigenvalue weighted by atomic mass is 79.9. The molecule has 7 heteroatoms. The lowest BCUT2D eigenvalue weighted by Gasteiger charge is -2.12. The molecule has 0 atom stereocenters. The quantitative estimate of drug-likeness (QED) is 0.792. The van der Waals surface area contributed by atoms with Crippen molar-refractivity contribution in [2.24, 2.45) is 5.73 Å². The van der Waals surface area contributed by atoms with Gasteiger partial charge in [-0.15, -0.1) is 0 Å². The summed E-state index contributed by atoms with van der Waals surface area (Å²) in [5.41, 5.74) is 2.56. The second kappa shape index (κ2) is 3.80. The van der Waals surface area contributed by atoms with E-state index in [2.05, 4.69) is 15.9 Å². The van der Waals surface area contributed by atoms with Crippen LogP contribution >= 0.6 is 15.9 Å². The standard InChI is InChI=1S/C8H4BrF4NO/c9-5-2-3(10)1-4(7(14)15)6(5)8(11,12)13/h1-2H,(H2,14,15). The Bertz CT molecular complexity index is 416. The predicted octanol–water partition coefficient (Wildman–Crippen LogP) is 2.71. The first kappa shape index (κ1) is 12.0. The molecule has 0 radical (unpaired) electrons. The van der Waals surface area contributed by atoms with Crippen molar-refractivity contribution in [3.05, 3.63) is 33.5 Å². The van der Waals surface area contributed by atoms with E-state index in [0.29, 0.717) is 12.1 Å². The largest absolute Gasteiger partial charge is 0.418 e. The molecule has 0 fully saturated rings. The van der Waals surface area contributed by atoms with Crippen molar-refractivity contribution >= 4 is 21.8 Å². The molecule has 1 rings (SSSR count). The number of alkyl halides is 3. The SMILES string of the molecule is NC(=O)c1cc(F)cc(Br)c1C(F)(F)F. The van der Waals surface area contributed by atoms with E-state index >= 15 is 0 Å². The first-order chi connectivity index (χ1) is 6.73. The maximum Gasteiger partial charge on any atom is 0.418 e. The van der Waals surface area contributed by atoms with E-state index in [1.165, 1.54) is 0 Å². The second-order valence-corrected chi connectivity index (χ2v) is 3.53. The number of carbonyl (C=O) groups excluding carboxylic acids is 1. The summed E-state index contributed by atoms with van der Waals surface area (Å²) < 4.78 is 49.5. The molecular weight excluding hydrogens is 282 g/mol. The number of hydrogen-bond donors (Lipinski definition) is 1. The molecule has 0 aromatic heterocycles. The number of benzene rings is 1. The van der Waals surface area contributed by atoms with E-state index in [9.17, 15) is 22.4 Å². The van der Waals surface area contributed by atoms with Gasteiger partial charge >= 0.3 is 6.18 Å². The molecule has 1 amide bonds. The Morgan fingerprint density at radius 3 is 2.27 bits per heavy atom. The minimum absolute atomic E-state index is 0.454. The molecule has 0 unspecified atom stereocenters. The summed E-state index contributed by atoms with van der Waals surface area (Å²) in [5.74, 6) is -2.30. The van der Waals surface area contributed by atoms with Crippen molar-refractivity contribution in [2.45, 2.75) is 6.18 Å². The average molecular weight is 286 g/mol. The fourth-order valence-electron chi connectivity index (χ4n) is 1.06. The molecule has 0 saturated heterocycles. The second-order valence-electron chi connectivity index (χ2n) is 2.67. The molecule has 1 aromatic carbocycles. The smallest absolute Gasteiger partial charge is 0.366 e. The molecule has 2 nitrogen and oxygen atoms in total. The monoisotopic (exact) mass is 285 g/mol.